The van der Waals surface area contributed by atoms with E-state index in [0.717, 1.165) is 19.6 Å². The van der Waals surface area contributed by atoms with E-state index >= 15 is 0 Å². The number of likely N-dealkylation sites (tertiary alicyclic amines) is 1. The Morgan fingerprint density at radius 2 is 1.95 bits per heavy atom. The number of amides is 2. The van der Waals surface area contributed by atoms with Gasteiger partial charge in [0.05, 0.1) is 5.56 Å². The monoisotopic (exact) mass is 311 g/mol. The van der Waals surface area contributed by atoms with Crippen molar-refractivity contribution in [3.05, 3.63) is 28.8 Å². The first-order valence-corrected chi connectivity index (χ1v) is 7.23. The van der Waals surface area contributed by atoms with Gasteiger partial charge >= 0.3 is 12.0 Å². The van der Waals surface area contributed by atoms with Crippen molar-refractivity contribution in [3.8, 4) is 0 Å². The zero-order chi connectivity index (χ0) is 15.2. The molecule has 6 nitrogen and oxygen atoms in total. The number of carboxylic acids is 1. The van der Waals surface area contributed by atoms with Crippen LogP contribution < -0.4 is 10.6 Å². The van der Waals surface area contributed by atoms with E-state index in [9.17, 15) is 9.59 Å². The first-order valence-electron chi connectivity index (χ1n) is 6.86. The second kappa shape index (κ2) is 7.28. The Morgan fingerprint density at radius 3 is 2.62 bits per heavy atom. The van der Waals surface area contributed by atoms with Gasteiger partial charge in [-0.3, -0.25) is 0 Å². The van der Waals surface area contributed by atoms with Crippen molar-refractivity contribution >= 4 is 29.3 Å². The van der Waals surface area contributed by atoms with Gasteiger partial charge in [-0.25, -0.2) is 9.59 Å². The van der Waals surface area contributed by atoms with Gasteiger partial charge in [-0.15, -0.1) is 0 Å². The molecule has 0 atom stereocenters. The molecule has 0 saturated carbocycles. The van der Waals surface area contributed by atoms with Crippen LogP contribution in [0.4, 0.5) is 10.5 Å². The SMILES string of the molecule is O=C(NCCN1CCCC1)Nc1cc(Cl)cc(C(=O)O)c1. The summed E-state index contributed by atoms with van der Waals surface area (Å²) in [6.45, 7) is 3.54. The van der Waals surface area contributed by atoms with E-state index in [4.69, 9.17) is 16.7 Å². The third-order valence-electron chi connectivity index (χ3n) is 3.31. The summed E-state index contributed by atoms with van der Waals surface area (Å²) in [7, 11) is 0. The number of anilines is 1. The van der Waals surface area contributed by atoms with Gasteiger partial charge in [-0.1, -0.05) is 11.6 Å². The number of benzene rings is 1. The summed E-state index contributed by atoms with van der Waals surface area (Å²) >= 11 is 5.83. The number of halogens is 1. The Bertz CT molecular complexity index is 530. The number of carbonyl (C=O) groups excluding carboxylic acids is 1. The fourth-order valence-corrected chi connectivity index (χ4v) is 2.53. The number of rotatable bonds is 5. The van der Waals surface area contributed by atoms with Crippen LogP contribution in [0.3, 0.4) is 0 Å². The molecule has 1 aromatic rings. The van der Waals surface area contributed by atoms with Crippen LogP contribution in [-0.4, -0.2) is 48.2 Å². The van der Waals surface area contributed by atoms with Crippen molar-refractivity contribution in [2.75, 3.05) is 31.5 Å². The van der Waals surface area contributed by atoms with Gasteiger partial charge in [0.15, 0.2) is 0 Å². The minimum atomic E-state index is -1.09. The summed E-state index contributed by atoms with van der Waals surface area (Å²) in [5.41, 5.74) is 0.397. The molecule has 0 spiro atoms. The lowest BCUT2D eigenvalue weighted by molar-refractivity contribution is 0.0697. The molecule has 21 heavy (non-hydrogen) atoms. The molecule has 114 valence electrons. The molecule has 7 heteroatoms. The number of aromatic carboxylic acids is 1. The molecule has 1 fully saturated rings. The van der Waals surface area contributed by atoms with Crippen LogP contribution in [0.5, 0.6) is 0 Å². The zero-order valence-electron chi connectivity index (χ0n) is 11.6. The minimum absolute atomic E-state index is 0.0369. The smallest absolute Gasteiger partial charge is 0.335 e. The Labute approximate surface area is 128 Å². The molecular weight excluding hydrogens is 294 g/mol. The molecule has 2 rings (SSSR count). The highest BCUT2D eigenvalue weighted by molar-refractivity contribution is 6.31. The Kier molecular flexibility index (Phi) is 5.41. The predicted octanol–water partition coefficient (Wildman–Crippen LogP) is 2.26. The second-order valence-corrected chi connectivity index (χ2v) is 5.40. The third-order valence-corrected chi connectivity index (χ3v) is 3.53. The molecular formula is C14H18ClN3O3. The van der Waals surface area contributed by atoms with E-state index in [2.05, 4.69) is 15.5 Å². The second-order valence-electron chi connectivity index (χ2n) is 4.96. The quantitative estimate of drug-likeness (QED) is 0.779. The van der Waals surface area contributed by atoms with Crippen LogP contribution >= 0.6 is 11.6 Å². The van der Waals surface area contributed by atoms with Crippen LogP contribution in [0, 0.1) is 0 Å². The maximum Gasteiger partial charge on any atom is 0.335 e. The van der Waals surface area contributed by atoms with Crippen molar-refractivity contribution in [1.29, 1.82) is 0 Å². The summed E-state index contributed by atoms with van der Waals surface area (Å²) in [6, 6.07) is 3.84. The van der Waals surface area contributed by atoms with E-state index in [1.54, 1.807) is 0 Å². The van der Waals surface area contributed by atoms with Crippen molar-refractivity contribution in [3.63, 3.8) is 0 Å². The van der Waals surface area contributed by atoms with E-state index in [-0.39, 0.29) is 16.6 Å². The largest absolute Gasteiger partial charge is 0.478 e. The van der Waals surface area contributed by atoms with Gasteiger partial charge in [-0.05, 0) is 44.1 Å². The average Bonchev–Trinajstić information content (AvgIpc) is 2.91. The summed E-state index contributed by atoms with van der Waals surface area (Å²) in [5.74, 6) is -1.09. The van der Waals surface area contributed by atoms with Crippen LogP contribution in [0.1, 0.15) is 23.2 Å². The van der Waals surface area contributed by atoms with Gasteiger partial charge in [0.25, 0.3) is 0 Å². The normalized spacial score (nSPS) is 14.9. The van der Waals surface area contributed by atoms with Crippen LogP contribution in [-0.2, 0) is 0 Å². The highest BCUT2D eigenvalue weighted by Crippen LogP contribution is 2.19. The highest BCUT2D eigenvalue weighted by Gasteiger charge is 2.12. The van der Waals surface area contributed by atoms with Gasteiger partial charge in [0, 0.05) is 23.8 Å². The number of urea groups is 1. The standard InChI is InChI=1S/C14H18ClN3O3/c15-11-7-10(13(19)20)8-12(9-11)17-14(21)16-3-6-18-4-1-2-5-18/h7-9H,1-6H2,(H,19,20)(H2,16,17,21). The number of carboxylic acid groups (broad SMARTS) is 1. The molecule has 0 aromatic heterocycles. The van der Waals surface area contributed by atoms with E-state index < -0.39 is 5.97 Å². The summed E-state index contributed by atoms with van der Waals surface area (Å²) in [5, 5.41) is 14.5. The number of nitrogens with one attached hydrogen (secondary N) is 2. The number of hydrogen-bond donors (Lipinski definition) is 3. The van der Waals surface area contributed by atoms with E-state index in [0.29, 0.717) is 12.2 Å². The highest BCUT2D eigenvalue weighted by atomic mass is 35.5. The fourth-order valence-electron chi connectivity index (χ4n) is 2.29. The molecule has 3 N–H and O–H groups in total. The average molecular weight is 312 g/mol. The van der Waals surface area contributed by atoms with Crippen molar-refractivity contribution in [2.45, 2.75) is 12.8 Å². The van der Waals surface area contributed by atoms with Crippen molar-refractivity contribution in [1.82, 2.24) is 10.2 Å². The van der Waals surface area contributed by atoms with E-state index in [1.165, 1.54) is 31.0 Å². The molecule has 1 aliphatic heterocycles. The summed E-state index contributed by atoms with van der Waals surface area (Å²) < 4.78 is 0. The van der Waals surface area contributed by atoms with Crippen LogP contribution in [0.2, 0.25) is 5.02 Å². The van der Waals surface area contributed by atoms with E-state index in [1.807, 2.05) is 0 Å². The molecule has 1 aliphatic rings. The topological polar surface area (TPSA) is 81.7 Å². The molecule has 0 bridgehead atoms. The first kappa shape index (κ1) is 15.6. The molecule has 1 heterocycles. The van der Waals surface area contributed by atoms with Crippen LogP contribution in [0.15, 0.2) is 18.2 Å². The molecule has 1 aromatic carbocycles. The third kappa shape index (κ3) is 4.91. The van der Waals surface area contributed by atoms with Gasteiger partial charge < -0.3 is 20.6 Å². The molecule has 0 unspecified atom stereocenters. The minimum Gasteiger partial charge on any atom is -0.478 e. The zero-order valence-corrected chi connectivity index (χ0v) is 12.3. The molecule has 0 aliphatic carbocycles. The Morgan fingerprint density at radius 1 is 1.24 bits per heavy atom. The van der Waals surface area contributed by atoms with Gasteiger partial charge in [0.2, 0.25) is 0 Å². The fraction of sp³-hybridized carbons (Fsp3) is 0.429. The number of nitrogens with zero attached hydrogens (tertiary/aromatic N) is 1. The first-order chi connectivity index (χ1) is 10.0. The number of hydrogen-bond acceptors (Lipinski definition) is 3. The lowest BCUT2D eigenvalue weighted by Crippen LogP contribution is -2.35. The van der Waals surface area contributed by atoms with Gasteiger partial charge in [-0.2, -0.15) is 0 Å². The summed E-state index contributed by atoms with van der Waals surface area (Å²) in [4.78, 5) is 25.0. The van der Waals surface area contributed by atoms with Crippen molar-refractivity contribution < 1.29 is 14.7 Å². The summed E-state index contributed by atoms with van der Waals surface area (Å²) in [6.07, 6.45) is 2.43. The molecule has 2 amide bonds. The molecule has 1 saturated heterocycles. The Balaban J connectivity index is 1.82. The Hall–Kier alpha value is -1.79. The maximum atomic E-state index is 11.7. The lowest BCUT2D eigenvalue weighted by atomic mass is 10.2. The van der Waals surface area contributed by atoms with Gasteiger partial charge in [0.1, 0.15) is 0 Å². The maximum absolute atomic E-state index is 11.7. The van der Waals surface area contributed by atoms with Crippen molar-refractivity contribution in [2.24, 2.45) is 0 Å². The van der Waals surface area contributed by atoms with Crippen LogP contribution in [0.25, 0.3) is 0 Å². The number of carbonyl (C=O) groups is 2. The molecule has 0 radical (unpaired) electrons. The predicted molar refractivity (Wildman–Crippen MR) is 81.1 cm³/mol. The lowest BCUT2D eigenvalue weighted by Gasteiger charge is -2.15.